The maximum atomic E-state index is 3.84. The minimum absolute atomic E-state index is 0. The first-order chi connectivity index (χ1) is 4.39. The van der Waals surface area contributed by atoms with E-state index < -0.39 is 0 Å². The van der Waals surface area contributed by atoms with Crippen molar-refractivity contribution >= 4 is 9.90 Å². The summed E-state index contributed by atoms with van der Waals surface area (Å²) >= 11 is 0. The van der Waals surface area contributed by atoms with Gasteiger partial charge in [0.15, 0.2) is 0 Å². The maximum Gasteiger partial charge on any atom is 0 e. The summed E-state index contributed by atoms with van der Waals surface area (Å²) in [5.41, 5.74) is 0.954. The predicted octanol–water partition coefficient (Wildman–Crippen LogP) is 1.67. The van der Waals surface area contributed by atoms with Crippen molar-refractivity contribution in [3.8, 4) is 0 Å². The normalized spacial score (nSPS) is 6.09. The molecule has 1 aromatic rings. The van der Waals surface area contributed by atoms with Crippen molar-refractivity contribution in [2.24, 2.45) is 0 Å². The van der Waals surface area contributed by atoms with E-state index in [0.29, 0.717) is 0 Å². The van der Waals surface area contributed by atoms with Crippen molar-refractivity contribution < 1.29 is 21.1 Å². The smallest absolute Gasteiger partial charge is 0 e. The van der Waals surface area contributed by atoms with Gasteiger partial charge in [-0.2, -0.15) is 9.90 Å². The number of aryl methyl sites for hydroxylation is 1. The molecule has 2 nitrogen and oxygen atoms in total. The van der Waals surface area contributed by atoms with Crippen LogP contribution in [-0.2, 0) is 21.1 Å². The summed E-state index contributed by atoms with van der Waals surface area (Å²) in [6.07, 6.45) is 4.13. The average molecular weight is 341 g/mol. The Balaban J connectivity index is -0.000000149. The van der Waals surface area contributed by atoms with Crippen molar-refractivity contribution in [2.45, 2.75) is 20.8 Å². The Morgan fingerprint density at radius 1 is 1.36 bits per heavy atom. The Morgan fingerprint density at radius 2 is 1.91 bits per heavy atom. The van der Waals surface area contributed by atoms with Crippen molar-refractivity contribution in [2.75, 3.05) is 0 Å². The van der Waals surface area contributed by atoms with Crippen LogP contribution in [0.25, 0.3) is 0 Å². The van der Waals surface area contributed by atoms with Gasteiger partial charge in [-0.25, -0.2) is 0 Å². The fourth-order valence-corrected chi connectivity index (χ4v) is 0.321. The SMILES string of the molecule is CC.Cc1c[c-]ncn1.P.[W]. The zero-order chi connectivity index (χ0) is 7.11. The van der Waals surface area contributed by atoms with Crippen LogP contribution in [0.4, 0.5) is 0 Å². The van der Waals surface area contributed by atoms with Gasteiger partial charge < -0.3 is 9.97 Å². The average Bonchev–Trinajstić information content (AvgIpc) is 1.94. The molecule has 0 spiro atoms. The van der Waals surface area contributed by atoms with Crippen LogP contribution in [0.1, 0.15) is 19.5 Å². The third-order valence-corrected chi connectivity index (χ3v) is 0.667. The molecular weight excluding hydrogens is 327 g/mol. The van der Waals surface area contributed by atoms with Gasteiger partial charge in [-0.15, -0.1) is 6.07 Å². The molecule has 0 aliphatic carbocycles. The van der Waals surface area contributed by atoms with Gasteiger partial charge in [0.1, 0.15) is 0 Å². The van der Waals surface area contributed by atoms with Crippen molar-refractivity contribution in [3.05, 3.63) is 24.3 Å². The predicted molar refractivity (Wildman–Crippen MR) is 48.1 cm³/mol. The molecule has 0 aliphatic rings. The first-order valence-corrected chi connectivity index (χ1v) is 3.04. The Hall–Kier alpha value is 0.198. The van der Waals surface area contributed by atoms with Crippen LogP contribution in [0.5, 0.6) is 0 Å². The second-order valence-electron chi connectivity index (χ2n) is 1.29. The van der Waals surface area contributed by atoms with E-state index in [1.54, 1.807) is 6.07 Å². The molecule has 4 heteroatoms. The molecule has 1 rings (SSSR count). The van der Waals surface area contributed by atoms with E-state index in [-0.39, 0.29) is 31.0 Å². The van der Waals surface area contributed by atoms with Gasteiger partial charge in [-0.05, 0) is 6.33 Å². The summed E-state index contributed by atoms with van der Waals surface area (Å²) in [6, 6.07) is 1.74. The van der Waals surface area contributed by atoms with Crippen LogP contribution >= 0.6 is 9.90 Å². The Bertz CT molecular complexity index is 146. The van der Waals surface area contributed by atoms with E-state index in [0.717, 1.165) is 5.69 Å². The second-order valence-corrected chi connectivity index (χ2v) is 1.29. The van der Waals surface area contributed by atoms with Crippen LogP contribution in [-0.4, -0.2) is 9.97 Å². The number of aromatic nitrogens is 2. The Labute approximate surface area is 86.1 Å². The fourth-order valence-electron chi connectivity index (χ4n) is 0.321. The standard InChI is InChI=1S/C5H5N2.C2H6.H3P.W/c1-5-2-3-6-4-7-5;1-2;;/h2,4H,1H3;1-2H3;1H3;/q-1;;;. The number of hydrogen-bond donors (Lipinski definition) is 0. The van der Waals surface area contributed by atoms with E-state index in [1.165, 1.54) is 6.33 Å². The summed E-state index contributed by atoms with van der Waals surface area (Å²) < 4.78 is 0. The molecule has 0 N–H and O–H groups in total. The van der Waals surface area contributed by atoms with Crippen molar-refractivity contribution in [1.29, 1.82) is 0 Å². The number of rotatable bonds is 0. The number of hydrogen-bond acceptors (Lipinski definition) is 2. The summed E-state index contributed by atoms with van der Waals surface area (Å²) in [4.78, 5) is 7.45. The molecule has 0 saturated heterocycles. The van der Waals surface area contributed by atoms with Crippen molar-refractivity contribution in [1.82, 2.24) is 9.97 Å². The molecule has 0 amide bonds. The summed E-state index contributed by atoms with van der Waals surface area (Å²) in [5.74, 6) is 0. The molecule has 1 aromatic heterocycles. The monoisotopic (exact) mass is 341 g/mol. The zero-order valence-corrected chi connectivity index (χ0v) is 11.5. The molecule has 1 heterocycles. The van der Waals surface area contributed by atoms with E-state index >= 15 is 0 Å². The van der Waals surface area contributed by atoms with Crippen LogP contribution in [0.15, 0.2) is 12.4 Å². The molecule has 0 bridgehead atoms. The summed E-state index contributed by atoms with van der Waals surface area (Å²) in [5, 5.41) is 0. The largest absolute Gasteiger partial charge is 0.376 e. The molecule has 1 atom stereocenters. The van der Waals surface area contributed by atoms with Crippen molar-refractivity contribution in [3.63, 3.8) is 0 Å². The van der Waals surface area contributed by atoms with Gasteiger partial charge in [-0.3, -0.25) is 0 Å². The van der Waals surface area contributed by atoms with Crippen LogP contribution in [0.2, 0.25) is 0 Å². The topological polar surface area (TPSA) is 25.8 Å². The van der Waals surface area contributed by atoms with E-state index in [9.17, 15) is 0 Å². The summed E-state index contributed by atoms with van der Waals surface area (Å²) in [7, 11) is 0. The quantitative estimate of drug-likeness (QED) is 0.530. The van der Waals surface area contributed by atoms with Crippen LogP contribution in [0, 0.1) is 13.1 Å². The Morgan fingerprint density at radius 3 is 2.09 bits per heavy atom. The van der Waals surface area contributed by atoms with Crippen LogP contribution < -0.4 is 0 Å². The molecule has 0 saturated carbocycles. The third kappa shape index (κ3) is 10.2. The molecule has 0 aliphatic heterocycles. The van der Waals surface area contributed by atoms with Gasteiger partial charge >= 0.3 is 0 Å². The van der Waals surface area contributed by atoms with E-state index in [1.807, 2.05) is 20.8 Å². The van der Waals surface area contributed by atoms with Gasteiger partial charge in [0, 0.05) is 21.1 Å². The molecule has 1 unspecified atom stereocenters. The molecule has 0 fully saturated rings. The van der Waals surface area contributed by atoms with E-state index in [4.69, 9.17) is 0 Å². The first kappa shape index (κ1) is 17.3. The molecule has 11 heavy (non-hydrogen) atoms. The minimum atomic E-state index is 0. The molecular formula is C7H14N2PW-. The van der Waals surface area contributed by atoms with Gasteiger partial charge in [0.2, 0.25) is 0 Å². The van der Waals surface area contributed by atoms with Gasteiger partial charge in [0.25, 0.3) is 0 Å². The molecule has 0 aromatic carbocycles. The fraction of sp³-hybridized carbons (Fsp3) is 0.429. The molecule has 64 valence electrons. The number of nitrogens with zero attached hydrogens (tertiary/aromatic N) is 2. The second kappa shape index (κ2) is 12.8. The van der Waals surface area contributed by atoms with Crippen LogP contribution in [0.3, 0.4) is 0 Å². The zero-order valence-electron chi connectivity index (χ0n) is 7.16. The minimum Gasteiger partial charge on any atom is -0.376 e. The van der Waals surface area contributed by atoms with E-state index in [2.05, 4.69) is 16.2 Å². The third-order valence-electron chi connectivity index (χ3n) is 0.667. The maximum absolute atomic E-state index is 3.84. The van der Waals surface area contributed by atoms with Gasteiger partial charge in [0.05, 0.1) is 0 Å². The summed E-state index contributed by atoms with van der Waals surface area (Å²) in [6.45, 7) is 5.90. The van der Waals surface area contributed by atoms with Gasteiger partial charge in [-0.1, -0.05) is 32.7 Å². The Kier molecular flexibility index (Phi) is 20.2. The first-order valence-electron chi connectivity index (χ1n) is 3.04. The molecule has 0 radical (unpaired) electrons.